The number of para-hydroxylation sites is 1. The van der Waals surface area contributed by atoms with Gasteiger partial charge in [-0.1, -0.05) is 12.1 Å². The van der Waals surface area contributed by atoms with Crippen LogP contribution in [-0.2, 0) is 14.4 Å². The third-order valence-corrected chi connectivity index (χ3v) is 4.15. The molecule has 25 heavy (non-hydrogen) atoms. The Balaban J connectivity index is 1.84. The van der Waals surface area contributed by atoms with Crippen molar-refractivity contribution < 1.29 is 29.7 Å². The molecule has 1 aromatic rings. The predicted molar refractivity (Wildman–Crippen MR) is 88.4 cm³/mol. The first kappa shape index (κ1) is 17.2. The fourth-order valence-corrected chi connectivity index (χ4v) is 2.60. The molecule has 1 aliphatic heterocycles. The summed E-state index contributed by atoms with van der Waals surface area (Å²) in [7, 11) is 0. The topological polar surface area (TPSA) is 119 Å². The third kappa shape index (κ3) is 3.75. The number of aliphatic hydroxyl groups excluding tert-OH is 2. The molecular formula is C17H20N2O6. The number of carboxylic acid groups (broad SMARTS) is 1. The highest BCUT2D eigenvalue weighted by molar-refractivity contribution is 6.03. The number of amides is 1. The molecule has 2 aliphatic rings. The molecule has 3 rings (SSSR count). The quantitative estimate of drug-likeness (QED) is 0.581. The summed E-state index contributed by atoms with van der Waals surface area (Å²) in [5, 5.41) is 33.3. The molecule has 134 valence electrons. The smallest absolute Gasteiger partial charge is 0.305 e. The van der Waals surface area contributed by atoms with Gasteiger partial charge < -0.3 is 20.6 Å². The van der Waals surface area contributed by atoms with Crippen LogP contribution >= 0.6 is 0 Å². The van der Waals surface area contributed by atoms with Gasteiger partial charge in [-0.25, -0.2) is 5.06 Å². The minimum absolute atomic E-state index is 0.109. The molecule has 1 unspecified atom stereocenters. The lowest BCUT2D eigenvalue weighted by atomic mass is 9.99. The number of aliphatic hydroxyl groups is 2. The second-order valence-electron chi connectivity index (χ2n) is 6.12. The van der Waals surface area contributed by atoms with Crippen molar-refractivity contribution >= 4 is 23.3 Å². The van der Waals surface area contributed by atoms with Gasteiger partial charge in [0.2, 0.25) is 0 Å². The standard InChI is InChI=1S/C17H20N2O6/c20-13(21)7-8-18-16(23)14-15(22)11-3-1-2-4-12(11)19(17(14)24)25-9-10-5-6-10/h1-4,10,17,22,24H,5-9H2,(H,18,23)(H,20,21). The molecule has 4 N–H and O–H groups in total. The number of carbonyl (C=O) groups is 2. The maximum Gasteiger partial charge on any atom is 0.305 e. The number of hydroxylamine groups is 1. The summed E-state index contributed by atoms with van der Waals surface area (Å²) in [4.78, 5) is 28.6. The minimum atomic E-state index is -1.49. The van der Waals surface area contributed by atoms with E-state index in [0.29, 0.717) is 23.8 Å². The number of anilines is 1. The molecule has 1 atom stereocenters. The number of carboxylic acids is 1. The SMILES string of the molecule is O=C(O)CCNC(=O)C1=C(O)c2ccccc2N(OCC2CC2)C1O. The summed E-state index contributed by atoms with van der Waals surface area (Å²) in [5.74, 6) is -1.70. The lowest BCUT2D eigenvalue weighted by molar-refractivity contribution is -0.136. The van der Waals surface area contributed by atoms with Crippen molar-refractivity contribution in [3.05, 3.63) is 35.4 Å². The Morgan fingerprint density at radius 2 is 2.00 bits per heavy atom. The van der Waals surface area contributed by atoms with Gasteiger partial charge in [0, 0.05) is 12.1 Å². The van der Waals surface area contributed by atoms with E-state index in [1.807, 2.05) is 0 Å². The molecule has 0 spiro atoms. The second kappa shape index (κ2) is 7.12. The van der Waals surface area contributed by atoms with Crippen molar-refractivity contribution in [3.8, 4) is 0 Å². The molecule has 1 aromatic carbocycles. The van der Waals surface area contributed by atoms with Crippen LogP contribution in [0.2, 0.25) is 0 Å². The van der Waals surface area contributed by atoms with E-state index >= 15 is 0 Å². The Morgan fingerprint density at radius 1 is 1.28 bits per heavy atom. The maximum absolute atomic E-state index is 12.3. The van der Waals surface area contributed by atoms with Crippen LogP contribution in [0.1, 0.15) is 24.8 Å². The van der Waals surface area contributed by atoms with E-state index in [2.05, 4.69) is 5.32 Å². The van der Waals surface area contributed by atoms with Gasteiger partial charge in [0.15, 0.2) is 6.23 Å². The summed E-state index contributed by atoms with van der Waals surface area (Å²) in [6.07, 6.45) is 0.386. The summed E-state index contributed by atoms with van der Waals surface area (Å²) in [6.45, 7) is 0.308. The van der Waals surface area contributed by atoms with Gasteiger partial charge in [-0.15, -0.1) is 0 Å². The zero-order valence-corrected chi connectivity index (χ0v) is 13.5. The molecular weight excluding hydrogens is 328 g/mol. The normalized spacial score (nSPS) is 19.6. The fourth-order valence-electron chi connectivity index (χ4n) is 2.60. The van der Waals surface area contributed by atoms with E-state index in [9.17, 15) is 19.8 Å². The van der Waals surface area contributed by atoms with Crippen LogP contribution in [0, 0.1) is 5.92 Å². The number of benzene rings is 1. The molecule has 0 bridgehead atoms. The first-order chi connectivity index (χ1) is 12.0. The molecule has 0 saturated heterocycles. The number of hydrogen-bond donors (Lipinski definition) is 4. The van der Waals surface area contributed by atoms with Crippen LogP contribution in [0.4, 0.5) is 5.69 Å². The Hall–Kier alpha value is -2.58. The van der Waals surface area contributed by atoms with E-state index in [1.54, 1.807) is 24.3 Å². The van der Waals surface area contributed by atoms with Gasteiger partial charge in [-0.3, -0.25) is 14.4 Å². The average Bonchev–Trinajstić information content (AvgIpc) is 3.39. The van der Waals surface area contributed by atoms with E-state index in [0.717, 1.165) is 12.8 Å². The Labute approximate surface area is 144 Å². The van der Waals surface area contributed by atoms with Crippen LogP contribution in [0.25, 0.3) is 5.76 Å². The molecule has 1 amide bonds. The average molecular weight is 348 g/mol. The largest absolute Gasteiger partial charge is 0.507 e. The molecule has 0 radical (unpaired) electrons. The van der Waals surface area contributed by atoms with Crippen LogP contribution in [0.3, 0.4) is 0 Å². The predicted octanol–water partition coefficient (Wildman–Crippen LogP) is 1.03. The first-order valence-electron chi connectivity index (χ1n) is 8.11. The fraction of sp³-hybridized carbons (Fsp3) is 0.412. The van der Waals surface area contributed by atoms with Crippen molar-refractivity contribution in [2.24, 2.45) is 5.92 Å². The highest BCUT2D eigenvalue weighted by atomic mass is 16.7. The molecule has 1 heterocycles. The van der Waals surface area contributed by atoms with Crippen LogP contribution in [0.5, 0.6) is 0 Å². The summed E-state index contributed by atoms with van der Waals surface area (Å²) in [5.41, 5.74) is 0.571. The summed E-state index contributed by atoms with van der Waals surface area (Å²) in [6, 6.07) is 6.74. The number of nitrogens with one attached hydrogen (secondary N) is 1. The van der Waals surface area contributed by atoms with Gasteiger partial charge in [0.25, 0.3) is 5.91 Å². The Bertz CT molecular complexity index is 713. The maximum atomic E-state index is 12.3. The van der Waals surface area contributed by atoms with Crippen LogP contribution < -0.4 is 10.4 Å². The van der Waals surface area contributed by atoms with Crippen molar-refractivity contribution in [2.75, 3.05) is 18.2 Å². The number of nitrogens with zero attached hydrogens (tertiary/aromatic N) is 1. The second-order valence-corrected chi connectivity index (χ2v) is 6.12. The molecule has 8 heteroatoms. The van der Waals surface area contributed by atoms with Crippen LogP contribution in [0.15, 0.2) is 29.8 Å². The van der Waals surface area contributed by atoms with Crippen molar-refractivity contribution in [1.82, 2.24) is 5.32 Å². The highest BCUT2D eigenvalue weighted by Gasteiger charge is 2.37. The minimum Gasteiger partial charge on any atom is -0.507 e. The number of aliphatic carboxylic acids is 1. The van der Waals surface area contributed by atoms with Gasteiger partial charge in [-0.2, -0.15) is 0 Å². The highest BCUT2D eigenvalue weighted by Crippen LogP contribution is 2.37. The monoisotopic (exact) mass is 348 g/mol. The third-order valence-electron chi connectivity index (χ3n) is 4.15. The lowest BCUT2D eigenvalue weighted by Crippen LogP contribution is -2.45. The van der Waals surface area contributed by atoms with E-state index in [-0.39, 0.29) is 24.3 Å². The van der Waals surface area contributed by atoms with Gasteiger partial charge in [-0.05, 0) is 30.9 Å². The van der Waals surface area contributed by atoms with Crippen molar-refractivity contribution in [1.29, 1.82) is 0 Å². The van der Waals surface area contributed by atoms with E-state index in [1.165, 1.54) is 5.06 Å². The number of fused-ring (bicyclic) bond motifs is 1. The molecule has 1 aliphatic carbocycles. The Kier molecular flexibility index (Phi) is 4.91. The first-order valence-corrected chi connectivity index (χ1v) is 8.11. The van der Waals surface area contributed by atoms with Gasteiger partial charge in [0.1, 0.15) is 11.3 Å². The summed E-state index contributed by atoms with van der Waals surface area (Å²) >= 11 is 0. The van der Waals surface area contributed by atoms with Crippen molar-refractivity contribution in [3.63, 3.8) is 0 Å². The van der Waals surface area contributed by atoms with Crippen molar-refractivity contribution in [2.45, 2.75) is 25.5 Å². The lowest BCUT2D eigenvalue weighted by Gasteiger charge is -2.35. The number of carbonyl (C=O) groups excluding carboxylic acids is 1. The number of rotatable bonds is 7. The van der Waals surface area contributed by atoms with E-state index in [4.69, 9.17) is 9.94 Å². The Morgan fingerprint density at radius 3 is 2.68 bits per heavy atom. The molecule has 1 saturated carbocycles. The molecule has 0 aromatic heterocycles. The number of hydrogen-bond acceptors (Lipinski definition) is 6. The zero-order valence-electron chi connectivity index (χ0n) is 13.5. The zero-order chi connectivity index (χ0) is 18.0. The molecule has 8 nitrogen and oxygen atoms in total. The van der Waals surface area contributed by atoms with E-state index < -0.39 is 18.1 Å². The summed E-state index contributed by atoms with van der Waals surface area (Å²) < 4.78 is 0. The molecule has 1 fully saturated rings. The van der Waals surface area contributed by atoms with Crippen LogP contribution in [-0.4, -0.2) is 46.6 Å². The van der Waals surface area contributed by atoms with Gasteiger partial charge in [0.05, 0.1) is 18.7 Å². The van der Waals surface area contributed by atoms with Gasteiger partial charge >= 0.3 is 5.97 Å².